The van der Waals surface area contributed by atoms with Crippen molar-refractivity contribution in [2.24, 2.45) is 0 Å². The van der Waals surface area contributed by atoms with Gasteiger partial charge in [-0.15, -0.1) is 0 Å². The highest BCUT2D eigenvalue weighted by Crippen LogP contribution is 2.16. The number of esters is 2. The van der Waals surface area contributed by atoms with Crippen molar-refractivity contribution in [3.05, 3.63) is 48.6 Å². The molecule has 0 spiro atoms. The molecule has 0 heterocycles. The van der Waals surface area contributed by atoms with Crippen molar-refractivity contribution in [2.45, 2.75) is 297 Å². The van der Waals surface area contributed by atoms with Crippen molar-refractivity contribution < 1.29 is 23.8 Å². The molecular weight excluding hydrogens is 789 g/mol. The van der Waals surface area contributed by atoms with Crippen LogP contribution in [0, 0.1) is 0 Å². The van der Waals surface area contributed by atoms with Crippen molar-refractivity contribution in [3.63, 3.8) is 0 Å². The minimum atomic E-state index is -0.541. The van der Waals surface area contributed by atoms with E-state index >= 15 is 0 Å². The largest absolute Gasteiger partial charge is 0.462 e. The molecule has 0 aromatic heterocycles. The van der Waals surface area contributed by atoms with E-state index in [1.807, 2.05) is 0 Å². The summed E-state index contributed by atoms with van der Waals surface area (Å²) in [4.78, 5) is 25.4. The van der Waals surface area contributed by atoms with Gasteiger partial charge in [-0.1, -0.05) is 268 Å². The monoisotopic (exact) mass is 897 g/mol. The van der Waals surface area contributed by atoms with Crippen molar-refractivity contribution in [2.75, 3.05) is 19.8 Å². The second kappa shape index (κ2) is 55.2. The van der Waals surface area contributed by atoms with E-state index in [0.717, 1.165) is 70.6 Å². The highest BCUT2D eigenvalue weighted by Gasteiger charge is 2.17. The average molecular weight is 898 g/mol. The van der Waals surface area contributed by atoms with Gasteiger partial charge in [-0.2, -0.15) is 0 Å². The highest BCUT2D eigenvalue weighted by molar-refractivity contribution is 5.70. The van der Waals surface area contributed by atoms with Crippen LogP contribution in [0.15, 0.2) is 48.6 Å². The fourth-order valence-corrected chi connectivity index (χ4v) is 8.21. The Morgan fingerprint density at radius 3 is 1.12 bits per heavy atom. The van der Waals surface area contributed by atoms with Gasteiger partial charge in [0, 0.05) is 19.4 Å². The summed E-state index contributed by atoms with van der Waals surface area (Å²) in [5, 5.41) is 0. The standard InChI is InChI=1S/C59H108O5/c1-4-7-10-13-16-19-22-24-26-28-30-31-33-35-38-40-43-46-49-52-58(60)63-56-57(64-59(61)53-50-47-44-41-37-21-18-15-12-9-6-3)55-62-54-51-48-45-42-39-36-34-32-29-27-25-23-20-17-14-11-8-5-2/h8,11,17,20,25,27,32,34,57H,4-7,9-10,12-16,18-19,21-24,26,28-31,33,35-56H2,1-3H3/b11-8-,20-17-,27-25-,34-32-. The Morgan fingerprint density at radius 1 is 0.359 bits per heavy atom. The summed E-state index contributed by atoms with van der Waals surface area (Å²) in [6.45, 7) is 7.72. The zero-order valence-corrected chi connectivity index (χ0v) is 43.1. The van der Waals surface area contributed by atoms with Gasteiger partial charge in [0.15, 0.2) is 6.10 Å². The summed E-state index contributed by atoms with van der Waals surface area (Å²) in [7, 11) is 0. The van der Waals surface area contributed by atoms with Crippen LogP contribution in [0.2, 0.25) is 0 Å². The first-order valence-corrected chi connectivity index (χ1v) is 28.2. The zero-order valence-electron chi connectivity index (χ0n) is 43.1. The van der Waals surface area contributed by atoms with Gasteiger partial charge >= 0.3 is 11.9 Å². The van der Waals surface area contributed by atoms with Crippen molar-refractivity contribution >= 4 is 11.9 Å². The lowest BCUT2D eigenvalue weighted by Gasteiger charge is -2.18. The molecule has 1 atom stereocenters. The Bertz CT molecular complexity index is 1060. The molecule has 0 fully saturated rings. The van der Waals surface area contributed by atoms with Gasteiger partial charge in [-0.05, 0) is 57.8 Å². The topological polar surface area (TPSA) is 61.8 Å². The first-order valence-electron chi connectivity index (χ1n) is 28.2. The number of hydrogen-bond donors (Lipinski definition) is 0. The summed E-state index contributed by atoms with van der Waals surface area (Å²) in [6, 6.07) is 0. The molecule has 0 radical (unpaired) electrons. The molecule has 374 valence electrons. The molecule has 64 heavy (non-hydrogen) atoms. The van der Waals surface area contributed by atoms with Crippen LogP contribution in [0.1, 0.15) is 290 Å². The molecule has 5 nitrogen and oxygen atoms in total. The van der Waals surface area contributed by atoms with E-state index in [0.29, 0.717) is 19.4 Å². The second-order valence-corrected chi connectivity index (χ2v) is 18.8. The van der Waals surface area contributed by atoms with Crippen LogP contribution in [0.5, 0.6) is 0 Å². The van der Waals surface area contributed by atoms with Gasteiger partial charge in [0.05, 0.1) is 6.61 Å². The Hall–Kier alpha value is -2.14. The SMILES string of the molecule is CC/C=C\C/C=C\C/C=C\C/C=C\CCCCCCCOCC(COC(=O)CCCCCCCCCCCCCCCCCCCCC)OC(=O)CCCCCCCCCCCCC. The van der Waals surface area contributed by atoms with Crippen molar-refractivity contribution in [1.82, 2.24) is 0 Å². The van der Waals surface area contributed by atoms with Gasteiger partial charge in [0.2, 0.25) is 0 Å². The third-order valence-corrected chi connectivity index (χ3v) is 12.4. The lowest BCUT2D eigenvalue weighted by Crippen LogP contribution is -2.30. The highest BCUT2D eigenvalue weighted by atomic mass is 16.6. The summed E-state index contributed by atoms with van der Waals surface area (Å²) < 4.78 is 17.4. The van der Waals surface area contributed by atoms with Gasteiger partial charge in [-0.3, -0.25) is 9.59 Å². The van der Waals surface area contributed by atoms with Gasteiger partial charge in [-0.25, -0.2) is 0 Å². The van der Waals surface area contributed by atoms with Crippen molar-refractivity contribution in [1.29, 1.82) is 0 Å². The molecule has 5 heteroatoms. The van der Waals surface area contributed by atoms with Crippen LogP contribution in [-0.2, 0) is 23.8 Å². The molecule has 0 aliphatic carbocycles. The van der Waals surface area contributed by atoms with Crippen LogP contribution in [0.25, 0.3) is 0 Å². The third-order valence-electron chi connectivity index (χ3n) is 12.4. The number of carbonyl (C=O) groups excluding carboxylic acids is 2. The van der Waals surface area contributed by atoms with Crippen LogP contribution < -0.4 is 0 Å². The Morgan fingerprint density at radius 2 is 0.703 bits per heavy atom. The van der Waals surface area contributed by atoms with E-state index in [-0.39, 0.29) is 25.2 Å². The molecule has 0 aliphatic heterocycles. The number of hydrogen-bond acceptors (Lipinski definition) is 5. The molecule has 0 aliphatic rings. The predicted molar refractivity (Wildman–Crippen MR) is 279 cm³/mol. The summed E-state index contributed by atoms with van der Waals surface area (Å²) >= 11 is 0. The summed E-state index contributed by atoms with van der Waals surface area (Å²) in [5.74, 6) is -0.392. The molecule has 0 aromatic carbocycles. The Labute approximate surface area is 399 Å². The average Bonchev–Trinajstić information content (AvgIpc) is 3.30. The van der Waals surface area contributed by atoms with Gasteiger partial charge in [0.25, 0.3) is 0 Å². The number of rotatable bonds is 52. The lowest BCUT2D eigenvalue weighted by atomic mass is 10.0. The molecule has 0 rings (SSSR count). The second-order valence-electron chi connectivity index (χ2n) is 18.8. The maximum atomic E-state index is 12.8. The van der Waals surface area contributed by atoms with Crippen LogP contribution in [0.3, 0.4) is 0 Å². The van der Waals surface area contributed by atoms with Crippen LogP contribution in [-0.4, -0.2) is 37.9 Å². The normalized spacial score (nSPS) is 12.5. The van der Waals surface area contributed by atoms with Crippen molar-refractivity contribution in [3.8, 4) is 0 Å². The van der Waals surface area contributed by atoms with E-state index in [4.69, 9.17) is 14.2 Å². The molecule has 0 saturated heterocycles. The number of ether oxygens (including phenoxy) is 3. The molecular formula is C59H108O5. The molecule has 0 amide bonds. The minimum absolute atomic E-state index is 0.0826. The number of allylic oxidation sites excluding steroid dienone is 8. The number of unbranched alkanes of at least 4 members (excludes halogenated alkanes) is 33. The van der Waals surface area contributed by atoms with Crippen LogP contribution >= 0.6 is 0 Å². The number of carbonyl (C=O) groups is 2. The predicted octanol–water partition coefficient (Wildman–Crippen LogP) is 19.1. The third kappa shape index (κ3) is 52.5. The van der Waals surface area contributed by atoms with Gasteiger partial charge in [0.1, 0.15) is 6.61 Å². The maximum absolute atomic E-state index is 12.8. The van der Waals surface area contributed by atoms with Gasteiger partial charge < -0.3 is 14.2 Å². The minimum Gasteiger partial charge on any atom is -0.462 e. The van der Waals surface area contributed by atoms with E-state index < -0.39 is 6.10 Å². The quantitative estimate of drug-likeness (QED) is 0.0346. The van der Waals surface area contributed by atoms with Crippen LogP contribution in [0.4, 0.5) is 0 Å². The molecule has 0 N–H and O–H groups in total. The van der Waals surface area contributed by atoms with E-state index in [9.17, 15) is 9.59 Å². The lowest BCUT2D eigenvalue weighted by molar-refractivity contribution is -0.163. The smallest absolute Gasteiger partial charge is 0.306 e. The molecule has 1 unspecified atom stereocenters. The van der Waals surface area contributed by atoms with E-state index in [1.54, 1.807) is 0 Å². The summed E-state index contributed by atoms with van der Waals surface area (Å²) in [6.07, 6.45) is 68.5. The molecule has 0 aromatic rings. The molecule has 0 bridgehead atoms. The first-order chi connectivity index (χ1) is 31.6. The van der Waals surface area contributed by atoms with E-state index in [2.05, 4.69) is 69.4 Å². The maximum Gasteiger partial charge on any atom is 0.306 e. The zero-order chi connectivity index (χ0) is 46.3. The fraction of sp³-hybridized carbons (Fsp3) is 0.831. The fourth-order valence-electron chi connectivity index (χ4n) is 8.21. The van der Waals surface area contributed by atoms with E-state index in [1.165, 1.54) is 186 Å². The Kier molecular flexibility index (Phi) is 53.3. The first kappa shape index (κ1) is 61.9. The summed E-state index contributed by atoms with van der Waals surface area (Å²) in [5.41, 5.74) is 0. The molecule has 0 saturated carbocycles. The Balaban J connectivity index is 4.20.